The Bertz CT molecular complexity index is 827. The average molecular weight is 372 g/mol. The zero-order valence-electron chi connectivity index (χ0n) is 16.1. The quantitative estimate of drug-likeness (QED) is 0.817. The fourth-order valence-electron chi connectivity index (χ4n) is 2.26. The number of nitrogens with one attached hydrogen (secondary N) is 2. The van der Waals surface area contributed by atoms with Gasteiger partial charge in [-0.25, -0.2) is 4.79 Å². The van der Waals surface area contributed by atoms with Crippen LogP contribution < -0.4 is 20.1 Å². The summed E-state index contributed by atoms with van der Waals surface area (Å²) < 4.78 is 15.6. The number of rotatable bonds is 5. The van der Waals surface area contributed by atoms with Crippen molar-refractivity contribution in [2.24, 2.45) is 0 Å². The Morgan fingerprint density at radius 2 is 1.67 bits per heavy atom. The van der Waals surface area contributed by atoms with E-state index in [-0.39, 0.29) is 5.91 Å². The van der Waals surface area contributed by atoms with E-state index in [4.69, 9.17) is 14.2 Å². The number of anilines is 2. The van der Waals surface area contributed by atoms with Crippen LogP contribution in [0.25, 0.3) is 0 Å². The molecule has 2 aromatic rings. The summed E-state index contributed by atoms with van der Waals surface area (Å²) in [5, 5.41) is 5.40. The van der Waals surface area contributed by atoms with E-state index in [1.807, 2.05) is 0 Å². The monoisotopic (exact) mass is 372 g/mol. The third kappa shape index (κ3) is 5.91. The summed E-state index contributed by atoms with van der Waals surface area (Å²) in [5.74, 6) is 0.755. The maximum atomic E-state index is 12.6. The fourth-order valence-corrected chi connectivity index (χ4v) is 2.26. The standard InChI is InChI=1S/C20H24N2O5/c1-20(2,3)27-19(24)21-14-8-6-7-13(11-14)18(23)22-16-10-9-15(25-4)12-17(16)26-5/h6-12H,1-5H3,(H,21,24)(H,22,23). The highest BCUT2D eigenvalue weighted by molar-refractivity contribution is 6.06. The van der Waals surface area contributed by atoms with Crippen LogP contribution in [0.1, 0.15) is 31.1 Å². The average Bonchev–Trinajstić information content (AvgIpc) is 2.60. The number of amides is 2. The first-order valence-corrected chi connectivity index (χ1v) is 8.35. The van der Waals surface area contributed by atoms with Crippen LogP contribution in [0.15, 0.2) is 42.5 Å². The number of carbonyl (C=O) groups excluding carboxylic acids is 2. The molecular formula is C20H24N2O5. The first-order chi connectivity index (χ1) is 12.7. The van der Waals surface area contributed by atoms with E-state index in [1.165, 1.54) is 7.11 Å². The van der Waals surface area contributed by atoms with Gasteiger partial charge in [-0.05, 0) is 51.1 Å². The third-order valence-corrected chi connectivity index (χ3v) is 3.43. The van der Waals surface area contributed by atoms with Crippen molar-refractivity contribution in [3.8, 4) is 11.5 Å². The number of benzene rings is 2. The van der Waals surface area contributed by atoms with Crippen molar-refractivity contribution in [1.82, 2.24) is 0 Å². The number of ether oxygens (including phenoxy) is 3. The van der Waals surface area contributed by atoms with Crippen LogP contribution in [0.3, 0.4) is 0 Å². The molecule has 0 aliphatic carbocycles. The van der Waals surface area contributed by atoms with Gasteiger partial charge in [-0.1, -0.05) is 6.07 Å². The van der Waals surface area contributed by atoms with Gasteiger partial charge >= 0.3 is 6.09 Å². The van der Waals surface area contributed by atoms with E-state index in [9.17, 15) is 9.59 Å². The van der Waals surface area contributed by atoms with Gasteiger partial charge in [0, 0.05) is 17.3 Å². The largest absolute Gasteiger partial charge is 0.497 e. The normalized spacial score (nSPS) is 10.7. The molecule has 0 bridgehead atoms. The smallest absolute Gasteiger partial charge is 0.412 e. The van der Waals surface area contributed by atoms with Crippen LogP contribution in [-0.2, 0) is 4.74 Å². The molecule has 7 nitrogen and oxygen atoms in total. The second kappa shape index (κ2) is 8.44. The highest BCUT2D eigenvalue weighted by Gasteiger charge is 2.17. The Hall–Kier alpha value is -3.22. The molecule has 0 atom stereocenters. The Kier molecular flexibility index (Phi) is 6.28. The molecule has 0 fully saturated rings. The lowest BCUT2D eigenvalue weighted by Gasteiger charge is -2.19. The molecule has 0 spiro atoms. The second-order valence-electron chi connectivity index (χ2n) is 6.73. The van der Waals surface area contributed by atoms with Gasteiger partial charge in [0.05, 0.1) is 19.9 Å². The molecule has 0 aliphatic heterocycles. The van der Waals surface area contributed by atoms with E-state index in [1.54, 1.807) is 70.3 Å². The number of methoxy groups -OCH3 is 2. The minimum atomic E-state index is -0.607. The van der Waals surface area contributed by atoms with E-state index in [0.717, 1.165) is 0 Å². The van der Waals surface area contributed by atoms with Crippen molar-refractivity contribution in [2.45, 2.75) is 26.4 Å². The Balaban J connectivity index is 2.12. The SMILES string of the molecule is COc1ccc(NC(=O)c2cccc(NC(=O)OC(C)(C)C)c2)c(OC)c1. The molecule has 144 valence electrons. The first-order valence-electron chi connectivity index (χ1n) is 8.35. The van der Waals surface area contributed by atoms with E-state index in [2.05, 4.69) is 10.6 Å². The summed E-state index contributed by atoms with van der Waals surface area (Å²) >= 11 is 0. The van der Waals surface area contributed by atoms with Gasteiger partial charge in [-0.3, -0.25) is 10.1 Å². The Morgan fingerprint density at radius 3 is 2.30 bits per heavy atom. The van der Waals surface area contributed by atoms with Crippen molar-refractivity contribution in [3.63, 3.8) is 0 Å². The summed E-state index contributed by atoms with van der Waals surface area (Å²) in [4.78, 5) is 24.4. The molecule has 0 aromatic heterocycles. The topological polar surface area (TPSA) is 85.9 Å². The molecule has 7 heteroatoms. The Labute approximate surface area is 158 Å². The molecule has 2 N–H and O–H groups in total. The predicted molar refractivity (Wildman–Crippen MR) is 104 cm³/mol. The molecule has 2 rings (SSSR count). The van der Waals surface area contributed by atoms with Crippen LogP contribution in [-0.4, -0.2) is 31.8 Å². The minimum Gasteiger partial charge on any atom is -0.497 e. The molecule has 0 heterocycles. The lowest BCUT2D eigenvalue weighted by atomic mass is 10.1. The van der Waals surface area contributed by atoms with Gasteiger partial charge in [0.15, 0.2) is 0 Å². The molecule has 2 amide bonds. The summed E-state index contributed by atoms with van der Waals surface area (Å²) in [6.07, 6.45) is -0.586. The van der Waals surface area contributed by atoms with Crippen molar-refractivity contribution in [2.75, 3.05) is 24.9 Å². The molecule has 0 unspecified atom stereocenters. The van der Waals surface area contributed by atoms with Crippen molar-refractivity contribution < 1.29 is 23.8 Å². The van der Waals surface area contributed by atoms with Gasteiger partial charge in [0.1, 0.15) is 17.1 Å². The summed E-state index contributed by atoms with van der Waals surface area (Å²) in [6, 6.07) is 11.6. The highest BCUT2D eigenvalue weighted by atomic mass is 16.6. The first kappa shape index (κ1) is 20.1. The summed E-state index contributed by atoms with van der Waals surface area (Å²) in [7, 11) is 3.06. The van der Waals surface area contributed by atoms with E-state index < -0.39 is 11.7 Å². The lowest BCUT2D eigenvalue weighted by Crippen LogP contribution is -2.27. The molecule has 2 aromatic carbocycles. The fraction of sp³-hybridized carbons (Fsp3) is 0.300. The molecule has 0 aliphatic rings. The molecule has 27 heavy (non-hydrogen) atoms. The molecule has 0 saturated heterocycles. The highest BCUT2D eigenvalue weighted by Crippen LogP contribution is 2.29. The molecule has 0 radical (unpaired) electrons. The van der Waals surface area contributed by atoms with Crippen molar-refractivity contribution >= 4 is 23.4 Å². The second-order valence-corrected chi connectivity index (χ2v) is 6.73. The van der Waals surface area contributed by atoms with Crippen LogP contribution in [0, 0.1) is 0 Å². The van der Waals surface area contributed by atoms with Gasteiger partial charge in [0.25, 0.3) is 5.91 Å². The maximum Gasteiger partial charge on any atom is 0.412 e. The zero-order chi connectivity index (χ0) is 20.0. The predicted octanol–water partition coefficient (Wildman–Crippen LogP) is 4.30. The summed E-state index contributed by atoms with van der Waals surface area (Å²) in [5.41, 5.74) is 0.734. The van der Waals surface area contributed by atoms with Crippen molar-refractivity contribution in [3.05, 3.63) is 48.0 Å². The lowest BCUT2D eigenvalue weighted by molar-refractivity contribution is 0.0635. The molecular weight excluding hydrogens is 348 g/mol. The van der Waals surface area contributed by atoms with Gasteiger partial charge in [-0.15, -0.1) is 0 Å². The number of carbonyl (C=O) groups is 2. The van der Waals surface area contributed by atoms with Crippen LogP contribution >= 0.6 is 0 Å². The van der Waals surface area contributed by atoms with E-state index in [0.29, 0.717) is 28.4 Å². The van der Waals surface area contributed by atoms with E-state index >= 15 is 0 Å². The van der Waals surface area contributed by atoms with Crippen LogP contribution in [0.5, 0.6) is 11.5 Å². The van der Waals surface area contributed by atoms with Gasteiger partial charge in [-0.2, -0.15) is 0 Å². The minimum absolute atomic E-state index is 0.341. The van der Waals surface area contributed by atoms with Gasteiger partial charge in [0.2, 0.25) is 0 Å². The van der Waals surface area contributed by atoms with Crippen LogP contribution in [0.4, 0.5) is 16.2 Å². The van der Waals surface area contributed by atoms with Crippen molar-refractivity contribution in [1.29, 1.82) is 0 Å². The van der Waals surface area contributed by atoms with Crippen LogP contribution in [0.2, 0.25) is 0 Å². The summed E-state index contributed by atoms with van der Waals surface area (Å²) in [6.45, 7) is 5.33. The number of hydrogen-bond acceptors (Lipinski definition) is 5. The number of hydrogen-bond donors (Lipinski definition) is 2. The Morgan fingerprint density at radius 1 is 0.926 bits per heavy atom. The molecule has 0 saturated carbocycles. The van der Waals surface area contributed by atoms with Gasteiger partial charge < -0.3 is 19.5 Å². The zero-order valence-corrected chi connectivity index (χ0v) is 16.1. The maximum absolute atomic E-state index is 12.6. The third-order valence-electron chi connectivity index (χ3n) is 3.43.